The monoisotopic (exact) mass is 189 g/mol. The van der Waals surface area contributed by atoms with Crippen molar-refractivity contribution >= 4 is 5.69 Å². The molecule has 1 aliphatic rings. The van der Waals surface area contributed by atoms with E-state index in [-0.39, 0.29) is 0 Å². The number of fused-ring (bicyclic) bond motifs is 1. The van der Waals surface area contributed by atoms with E-state index in [4.69, 9.17) is 4.74 Å². The second-order valence-electron chi connectivity index (χ2n) is 3.90. The van der Waals surface area contributed by atoms with Crippen molar-refractivity contribution in [1.29, 1.82) is 0 Å². The van der Waals surface area contributed by atoms with Gasteiger partial charge < -0.3 is 10.1 Å². The molecule has 0 spiro atoms. The summed E-state index contributed by atoms with van der Waals surface area (Å²) in [7, 11) is 0. The molecule has 14 heavy (non-hydrogen) atoms. The third-order valence-corrected chi connectivity index (χ3v) is 2.37. The van der Waals surface area contributed by atoms with Crippen molar-refractivity contribution in [3.63, 3.8) is 0 Å². The smallest absolute Gasteiger partial charge is 0.146 e. The number of nitrogens with one attached hydrogen (secondary N) is 1. The van der Waals surface area contributed by atoms with Gasteiger partial charge in [0.2, 0.25) is 0 Å². The van der Waals surface area contributed by atoms with Crippen LogP contribution in [0.3, 0.4) is 0 Å². The van der Waals surface area contributed by atoms with Crippen molar-refractivity contribution in [2.75, 3.05) is 11.9 Å². The second-order valence-corrected chi connectivity index (χ2v) is 3.90. The highest BCUT2D eigenvalue weighted by Gasteiger charge is 2.16. The molecular formula is C12H15NO. The van der Waals surface area contributed by atoms with Crippen LogP contribution in [0.1, 0.15) is 25.3 Å². The Morgan fingerprint density at radius 3 is 2.93 bits per heavy atom. The molecule has 0 unspecified atom stereocenters. The van der Waals surface area contributed by atoms with E-state index in [0.717, 1.165) is 17.1 Å². The summed E-state index contributed by atoms with van der Waals surface area (Å²) >= 11 is 0. The molecule has 0 fully saturated rings. The summed E-state index contributed by atoms with van der Waals surface area (Å²) in [6.45, 7) is 8.76. The Labute approximate surface area is 84.6 Å². The average molecular weight is 189 g/mol. The molecule has 1 aliphatic heterocycles. The standard InChI is InChI=1S/C12H15NO/c1-8(2)10-5-4-6-11-12(10)14-7-9(3)13-11/h4-6,8,13H,3,7H2,1-2H3. The Morgan fingerprint density at radius 2 is 2.21 bits per heavy atom. The molecule has 1 aromatic rings. The lowest BCUT2D eigenvalue weighted by molar-refractivity contribution is 0.341. The van der Waals surface area contributed by atoms with E-state index in [1.54, 1.807) is 0 Å². The van der Waals surface area contributed by atoms with E-state index in [2.05, 4.69) is 31.8 Å². The summed E-state index contributed by atoms with van der Waals surface area (Å²) in [5.41, 5.74) is 3.20. The fourth-order valence-corrected chi connectivity index (χ4v) is 1.65. The number of hydrogen-bond donors (Lipinski definition) is 1. The zero-order chi connectivity index (χ0) is 10.1. The predicted octanol–water partition coefficient (Wildman–Crippen LogP) is 3.13. The first kappa shape index (κ1) is 9.13. The van der Waals surface area contributed by atoms with Gasteiger partial charge in [-0.1, -0.05) is 32.6 Å². The molecular weight excluding hydrogens is 174 g/mol. The summed E-state index contributed by atoms with van der Waals surface area (Å²) in [6.07, 6.45) is 0. The topological polar surface area (TPSA) is 21.3 Å². The van der Waals surface area contributed by atoms with Crippen molar-refractivity contribution in [2.45, 2.75) is 19.8 Å². The molecule has 0 aromatic heterocycles. The van der Waals surface area contributed by atoms with E-state index >= 15 is 0 Å². The molecule has 2 heteroatoms. The molecule has 1 aromatic carbocycles. The molecule has 1 N–H and O–H groups in total. The largest absolute Gasteiger partial charge is 0.485 e. The van der Waals surface area contributed by atoms with Gasteiger partial charge in [-0.3, -0.25) is 0 Å². The summed E-state index contributed by atoms with van der Waals surface area (Å²) < 4.78 is 5.67. The van der Waals surface area contributed by atoms with E-state index in [1.807, 2.05) is 12.1 Å². The molecule has 74 valence electrons. The fraction of sp³-hybridized carbons (Fsp3) is 0.333. The molecule has 0 aliphatic carbocycles. The number of para-hydroxylation sites is 1. The molecule has 1 heterocycles. The van der Waals surface area contributed by atoms with Gasteiger partial charge in [-0.05, 0) is 17.5 Å². The molecule has 0 bridgehead atoms. The maximum atomic E-state index is 5.67. The van der Waals surface area contributed by atoms with Gasteiger partial charge in [0.15, 0.2) is 0 Å². The lowest BCUT2D eigenvalue weighted by Gasteiger charge is -2.24. The highest BCUT2D eigenvalue weighted by Crippen LogP contribution is 2.36. The van der Waals surface area contributed by atoms with Crippen LogP contribution in [0.4, 0.5) is 5.69 Å². The third kappa shape index (κ3) is 1.48. The van der Waals surface area contributed by atoms with E-state index in [1.165, 1.54) is 5.56 Å². The van der Waals surface area contributed by atoms with Gasteiger partial charge in [-0.15, -0.1) is 0 Å². The van der Waals surface area contributed by atoms with Crippen LogP contribution in [0, 0.1) is 0 Å². The summed E-state index contributed by atoms with van der Waals surface area (Å²) in [6, 6.07) is 6.17. The molecule has 2 nitrogen and oxygen atoms in total. The molecule has 0 saturated carbocycles. The minimum absolute atomic E-state index is 0.484. The molecule has 0 atom stereocenters. The van der Waals surface area contributed by atoms with Crippen molar-refractivity contribution in [3.8, 4) is 5.75 Å². The van der Waals surface area contributed by atoms with Crippen molar-refractivity contribution < 1.29 is 4.74 Å². The Kier molecular flexibility index (Phi) is 2.20. The second kappa shape index (κ2) is 3.37. The van der Waals surface area contributed by atoms with Gasteiger partial charge in [0.25, 0.3) is 0 Å². The fourth-order valence-electron chi connectivity index (χ4n) is 1.65. The highest BCUT2D eigenvalue weighted by molar-refractivity contribution is 5.65. The lowest BCUT2D eigenvalue weighted by Crippen LogP contribution is -2.16. The SMILES string of the molecule is C=C1COc2c(cccc2C(C)C)N1. The van der Waals surface area contributed by atoms with Gasteiger partial charge in [0, 0.05) is 5.70 Å². The number of hydrogen-bond acceptors (Lipinski definition) is 2. The number of benzene rings is 1. The normalized spacial score (nSPS) is 14.6. The van der Waals surface area contributed by atoms with E-state index in [9.17, 15) is 0 Å². The van der Waals surface area contributed by atoms with Crippen LogP contribution in [0.5, 0.6) is 5.75 Å². The summed E-state index contributed by atoms with van der Waals surface area (Å²) in [4.78, 5) is 0. The predicted molar refractivity (Wildman–Crippen MR) is 58.8 cm³/mol. The van der Waals surface area contributed by atoms with Gasteiger partial charge in [-0.2, -0.15) is 0 Å². The van der Waals surface area contributed by atoms with Crippen LogP contribution in [-0.4, -0.2) is 6.61 Å². The number of rotatable bonds is 1. The minimum Gasteiger partial charge on any atom is -0.485 e. The molecule has 2 rings (SSSR count). The zero-order valence-corrected chi connectivity index (χ0v) is 8.63. The Bertz CT molecular complexity index is 369. The Morgan fingerprint density at radius 1 is 1.43 bits per heavy atom. The van der Waals surface area contributed by atoms with Crippen LogP contribution in [0.15, 0.2) is 30.5 Å². The number of ether oxygens (including phenoxy) is 1. The van der Waals surface area contributed by atoms with Crippen molar-refractivity contribution in [2.24, 2.45) is 0 Å². The van der Waals surface area contributed by atoms with Gasteiger partial charge >= 0.3 is 0 Å². The molecule has 0 radical (unpaired) electrons. The Balaban J connectivity index is 2.46. The van der Waals surface area contributed by atoms with Gasteiger partial charge in [0.05, 0.1) is 5.69 Å². The van der Waals surface area contributed by atoms with Crippen LogP contribution in [0.25, 0.3) is 0 Å². The highest BCUT2D eigenvalue weighted by atomic mass is 16.5. The van der Waals surface area contributed by atoms with Crippen LogP contribution < -0.4 is 10.1 Å². The van der Waals surface area contributed by atoms with Crippen molar-refractivity contribution in [1.82, 2.24) is 0 Å². The first-order valence-electron chi connectivity index (χ1n) is 4.89. The van der Waals surface area contributed by atoms with E-state index < -0.39 is 0 Å². The van der Waals surface area contributed by atoms with Gasteiger partial charge in [0.1, 0.15) is 12.4 Å². The maximum absolute atomic E-state index is 5.67. The average Bonchev–Trinajstić information content (AvgIpc) is 2.16. The van der Waals surface area contributed by atoms with Crippen LogP contribution >= 0.6 is 0 Å². The zero-order valence-electron chi connectivity index (χ0n) is 8.63. The Hall–Kier alpha value is -1.44. The first-order chi connectivity index (χ1) is 6.68. The van der Waals surface area contributed by atoms with Gasteiger partial charge in [-0.25, -0.2) is 0 Å². The first-order valence-corrected chi connectivity index (χ1v) is 4.89. The maximum Gasteiger partial charge on any atom is 0.146 e. The third-order valence-electron chi connectivity index (χ3n) is 2.37. The van der Waals surface area contributed by atoms with Crippen LogP contribution in [0.2, 0.25) is 0 Å². The molecule has 0 saturated heterocycles. The summed E-state index contributed by atoms with van der Waals surface area (Å²) in [5, 5.41) is 3.24. The lowest BCUT2D eigenvalue weighted by atomic mass is 10.0. The minimum atomic E-state index is 0.484. The van der Waals surface area contributed by atoms with E-state index in [0.29, 0.717) is 12.5 Å². The van der Waals surface area contributed by atoms with Crippen LogP contribution in [-0.2, 0) is 0 Å². The van der Waals surface area contributed by atoms with Crippen molar-refractivity contribution in [3.05, 3.63) is 36.0 Å². The summed E-state index contributed by atoms with van der Waals surface area (Å²) in [5.74, 6) is 1.47. The number of anilines is 1. The quantitative estimate of drug-likeness (QED) is 0.732. The molecule has 0 amide bonds.